The van der Waals surface area contributed by atoms with Gasteiger partial charge < -0.3 is 10.0 Å². The molecule has 1 atom stereocenters. The van der Waals surface area contributed by atoms with Crippen LogP contribution in [0.4, 0.5) is 0 Å². The topological polar surface area (TPSA) is 88.3 Å². The SMILES string of the molecule is O=C(O)C1CCCN1C(=O)c1cccc(Cn2ccnn2)c1. The lowest BCUT2D eigenvalue weighted by Gasteiger charge is -2.21. The minimum absolute atomic E-state index is 0.231. The van der Waals surface area contributed by atoms with E-state index in [-0.39, 0.29) is 5.91 Å². The Morgan fingerprint density at radius 3 is 2.95 bits per heavy atom. The average Bonchev–Trinajstić information content (AvgIpc) is 3.17. The number of amides is 1. The maximum atomic E-state index is 12.5. The zero-order valence-corrected chi connectivity index (χ0v) is 11.9. The van der Waals surface area contributed by atoms with Crippen molar-refractivity contribution in [1.82, 2.24) is 19.9 Å². The van der Waals surface area contributed by atoms with E-state index in [0.29, 0.717) is 25.1 Å². The summed E-state index contributed by atoms with van der Waals surface area (Å²) in [5.41, 5.74) is 1.42. The van der Waals surface area contributed by atoms with Crippen molar-refractivity contribution in [3.05, 3.63) is 47.8 Å². The van der Waals surface area contributed by atoms with Gasteiger partial charge in [-0.25, -0.2) is 9.48 Å². The number of hydrogen-bond acceptors (Lipinski definition) is 4. The molecule has 1 fully saturated rings. The quantitative estimate of drug-likeness (QED) is 0.910. The Morgan fingerprint density at radius 1 is 1.36 bits per heavy atom. The summed E-state index contributed by atoms with van der Waals surface area (Å²) in [7, 11) is 0. The summed E-state index contributed by atoms with van der Waals surface area (Å²) >= 11 is 0. The number of aromatic nitrogens is 3. The molecule has 2 aromatic rings. The summed E-state index contributed by atoms with van der Waals surface area (Å²) in [6.45, 7) is 1.01. The Kier molecular flexibility index (Phi) is 3.86. The molecule has 7 heteroatoms. The molecule has 0 spiro atoms. The number of rotatable bonds is 4. The molecule has 1 aliphatic rings. The van der Waals surface area contributed by atoms with Crippen LogP contribution in [-0.4, -0.2) is 49.5 Å². The van der Waals surface area contributed by atoms with Crippen LogP contribution in [0.2, 0.25) is 0 Å². The number of carboxylic acids is 1. The molecular formula is C15H16N4O3. The molecule has 1 unspecified atom stereocenters. The van der Waals surface area contributed by atoms with Gasteiger partial charge in [-0.1, -0.05) is 17.3 Å². The zero-order valence-electron chi connectivity index (χ0n) is 11.9. The maximum Gasteiger partial charge on any atom is 0.326 e. The molecule has 2 heterocycles. The van der Waals surface area contributed by atoms with Gasteiger partial charge in [-0.15, -0.1) is 5.10 Å². The second-order valence-corrected chi connectivity index (χ2v) is 5.30. The molecule has 1 aromatic carbocycles. The van der Waals surface area contributed by atoms with Gasteiger partial charge in [-0.3, -0.25) is 4.79 Å². The smallest absolute Gasteiger partial charge is 0.326 e. The summed E-state index contributed by atoms with van der Waals surface area (Å²) in [5, 5.41) is 16.8. The molecule has 1 amide bonds. The molecule has 0 radical (unpaired) electrons. The number of aliphatic carboxylic acids is 1. The highest BCUT2D eigenvalue weighted by Crippen LogP contribution is 2.21. The molecule has 0 bridgehead atoms. The van der Waals surface area contributed by atoms with Crippen LogP contribution in [-0.2, 0) is 11.3 Å². The summed E-state index contributed by atoms with van der Waals surface area (Å²) in [6, 6.07) is 6.47. The van der Waals surface area contributed by atoms with Crippen LogP contribution in [0.5, 0.6) is 0 Å². The van der Waals surface area contributed by atoms with Crippen molar-refractivity contribution in [2.75, 3.05) is 6.54 Å². The first-order valence-electron chi connectivity index (χ1n) is 7.12. The highest BCUT2D eigenvalue weighted by molar-refractivity contribution is 5.97. The second kappa shape index (κ2) is 5.97. The molecule has 1 N–H and O–H groups in total. The van der Waals surface area contributed by atoms with E-state index in [1.807, 2.05) is 6.07 Å². The lowest BCUT2D eigenvalue weighted by atomic mass is 10.1. The van der Waals surface area contributed by atoms with Crippen molar-refractivity contribution in [1.29, 1.82) is 0 Å². The standard InChI is InChI=1S/C15H16N4O3/c20-14(19-7-2-5-13(19)15(21)22)12-4-1-3-11(9-12)10-18-8-6-16-17-18/h1,3-4,6,8-9,13H,2,5,7,10H2,(H,21,22). The van der Waals surface area contributed by atoms with Gasteiger partial charge >= 0.3 is 5.97 Å². The normalized spacial score (nSPS) is 17.6. The lowest BCUT2D eigenvalue weighted by molar-refractivity contribution is -0.141. The molecule has 0 saturated carbocycles. The number of likely N-dealkylation sites (tertiary alicyclic amines) is 1. The van der Waals surface area contributed by atoms with Crippen molar-refractivity contribution in [3.8, 4) is 0 Å². The van der Waals surface area contributed by atoms with Gasteiger partial charge in [0.05, 0.1) is 12.7 Å². The first-order valence-corrected chi connectivity index (χ1v) is 7.12. The number of benzene rings is 1. The van der Waals surface area contributed by atoms with Crippen LogP contribution < -0.4 is 0 Å². The fourth-order valence-electron chi connectivity index (χ4n) is 2.74. The third-order valence-corrected chi connectivity index (χ3v) is 3.79. The Morgan fingerprint density at radius 2 is 2.23 bits per heavy atom. The van der Waals surface area contributed by atoms with Crippen LogP contribution in [0.15, 0.2) is 36.7 Å². The van der Waals surface area contributed by atoms with Crippen LogP contribution >= 0.6 is 0 Å². The van der Waals surface area contributed by atoms with E-state index in [0.717, 1.165) is 12.0 Å². The summed E-state index contributed by atoms with van der Waals surface area (Å²) in [6.07, 6.45) is 4.58. The predicted molar refractivity (Wildman–Crippen MR) is 77.3 cm³/mol. The van der Waals surface area contributed by atoms with Crippen LogP contribution in [0.3, 0.4) is 0 Å². The van der Waals surface area contributed by atoms with Crippen molar-refractivity contribution in [3.63, 3.8) is 0 Å². The molecule has 114 valence electrons. The van der Waals surface area contributed by atoms with Crippen LogP contribution in [0, 0.1) is 0 Å². The van der Waals surface area contributed by atoms with Crippen molar-refractivity contribution in [2.45, 2.75) is 25.4 Å². The van der Waals surface area contributed by atoms with Crippen molar-refractivity contribution in [2.24, 2.45) is 0 Å². The fourth-order valence-corrected chi connectivity index (χ4v) is 2.74. The number of hydrogen-bond donors (Lipinski definition) is 1. The average molecular weight is 300 g/mol. The fraction of sp³-hybridized carbons (Fsp3) is 0.333. The third kappa shape index (κ3) is 2.83. The summed E-state index contributed by atoms with van der Waals surface area (Å²) in [5.74, 6) is -1.17. The van der Waals surface area contributed by atoms with Gasteiger partial charge in [0.1, 0.15) is 6.04 Å². The van der Waals surface area contributed by atoms with Gasteiger partial charge in [-0.2, -0.15) is 0 Å². The Bertz CT molecular complexity index is 684. The first kappa shape index (κ1) is 14.2. The van der Waals surface area contributed by atoms with Crippen LogP contribution in [0.1, 0.15) is 28.8 Å². The van der Waals surface area contributed by atoms with E-state index in [9.17, 15) is 14.7 Å². The van der Waals surface area contributed by atoms with Crippen molar-refractivity contribution < 1.29 is 14.7 Å². The minimum atomic E-state index is -0.940. The van der Waals surface area contributed by atoms with E-state index in [4.69, 9.17) is 0 Å². The number of carboxylic acid groups (broad SMARTS) is 1. The van der Waals surface area contributed by atoms with Gasteiger partial charge in [0.15, 0.2) is 0 Å². The molecule has 1 aliphatic heterocycles. The Hall–Kier alpha value is -2.70. The molecular weight excluding hydrogens is 284 g/mol. The van der Waals surface area contributed by atoms with Gasteiger partial charge in [-0.05, 0) is 30.5 Å². The molecule has 0 aliphatic carbocycles. The highest BCUT2D eigenvalue weighted by atomic mass is 16.4. The Labute approximate surface area is 127 Å². The largest absolute Gasteiger partial charge is 0.480 e. The molecule has 3 rings (SSSR count). The predicted octanol–water partition coefficient (Wildman–Crippen LogP) is 1.02. The third-order valence-electron chi connectivity index (χ3n) is 3.79. The van der Waals surface area contributed by atoms with E-state index in [2.05, 4.69) is 10.3 Å². The van der Waals surface area contributed by atoms with E-state index in [1.165, 1.54) is 4.90 Å². The van der Waals surface area contributed by atoms with Gasteiger partial charge in [0, 0.05) is 18.3 Å². The number of carbonyl (C=O) groups excluding carboxylic acids is 1. The van der Waals surface area contributed by atoms with E-state index >= 15 is 0 Å². The monoisotopic (exact) mass is 300 g/mol. The number of nitrogens with zero attached hydrogens (tertiary/aromatic N) is 4. The van der Waals surface area contributed by atoms with Gasteiger partial charge in [0.2, 0.25) is 0 Å². The van der Waals surface area contributed by atoms with Crippen molar-refractivity contribution >= 4 is 11.9 Å². The zero-order chi connectivity index (χ0) is 15.5. The van der Waals surface area contributed by atoms with E-state index in [1.54, 1.807) is 35.3 Å². The first-order chi connectivity index (χ1) is 10.6. The molecule has 7 nitrogen and oxygen atoms in total. The molecule has 1 saturated heterocycles. The highest BCUT2D eigenvalue weighted by Gasteiger charge is 2.34. The second-order valence-electron chi connectivity index (χ2n) is 5.30. The van der Waals surface area contributed by atoms with E-state index < -0.39 is 12.0 Å². The molecule has 22 heavy (non-hydrogen) atoms. The molecule has 1 aromatic heterocycles. The van der Waals surface area contributed by atoms with Crippen LogP contribution in [0.25, 0.3) is 0 Å². The summed E-state index contributed by atoms with van der Waals surface area (Å²) in [4.78, 5) is 25.2. The maximum absolute atomic E-state index is 12.5. The number of carbonyl (C=O) groups is 2. The van der Waals surface area contributed by atoms with Gasteiger partial charge in [0.25, 0.3) is 5.91 Å². The Balaban J connectivity index is 1.79. The lowest BCUT2D eigenvalue weighted by Crippen LogP contribution is -2.40. The minimum Gasteiger partial charge on any atom is -0.480 e. The summed E-state index contributed by atoms with van der Waals surface area (Å²) < 4.78 is 1.67.